The van der Waals surface area contributed by atoms with E-state index in [0.717, 1.165) is 17.5 Å². The van der Waals surface area contributed by atoms with Gasteiger partial charge in [0.05, 0.1) is 18.6 Å². The summed E-state index contributed by atoms with van der Waals surface area (Å²) >= 11 is 0. The minimum Gasteiger partial charge on any atom is -0.389 e. The highest BCUT2D eigenvalue weighted by Crippen LogP contribution is 2.09. The third-order valence-corrected chi connectivity index (χ3v) is 3.49. The first-order valence-electron chi connectivity index (χ1n) is 6.62. The highest BCUT2D eigenvalue weighted by atomic mass is 32.2. The van der Waals surface area contributed by atoms with Crippen LogP contribution in [0.15, 0.2) is 24.3 Å². The van der Waals surface area contributed by atoms with Crippen molar-refractivity contribution in [1.82, 2.24) is 5.32 Å². The molecule has 3 N–H and O–H groups in total. The summed E-state index contributed by atoms with van der Waals surface area (Å²) in [6, 6.07) is 9.26. The van der Waals surface area contributed by atoms with Gasteiger partial charge in [-0.2, -0.15) is 5.26 Å². The van der Waals surface area contributed by atoms with Gasteiger partial charge in [-0.25, -0.2) is 8.42 Å². The predicted molar refractivity (Wildman–Crippen MR) is 83.0 cm³/mol. The van der Waals surface area contributed by atoms with Crippen LogP contribution in [0.1, 0.15) is 5.56 Å². The molecule has 0 unspecified atom stereocenters. The van der Waals surface area contributed by atoms with E-state index in [0.29, 0.717) is 6.42 Å². The number of benzene rings is 1. The summed E-state index contributed by atoms with van der Waals surface area (Å²) in [5, 5.41) is 23.6. The number of carbonyl (C=O) groups is 1. The first kappa shape index (κ1) is 17.9. The fourth-order valence-corrected chi connectivity index (χ4v) is 2.24. The minimum atomic E-state index is -3.37. The third kappa shape index (κ3) is 7.61. The molecule has 0 fully saturated rings. The molecule has 1 rings (SSSR count). The van der Waals surface area contributed by atoms with Gasteiger partial charge in [0.25, 0.3) is 0 Å². The van der Waals surface area contributed by atoms with Crippen molar-refractivity contribution in [2.24, 2.45) is 0 Å². The van der Waals surface area contributed by atoms with E-state index in [-0.39, 0.29) is 13.1 Å². The lowest BCUT2D eigenvalue weighted by atomic mass is 10.1. The van der Waals surface area contributed by atoms with Crippen molar-refractivity contribution in [3.63, 3.8) is 0 Å². The highest BCUT2D eigenvalue weighted by molar-refractivity contribution is 7.91. The molecule has 1 aromatic rings. The maximum atomic E-state index is 11.3. The van der Waals surface area contributed by atoms with Crippen LogP contribution in [0.3, 0.4) is 0 Å². The second kappa shape index (κ2) is 8.36. The van der Waals surface area contributed by atoms with Gasteiger partial charge in [-0.3, -0.25) is 4.79 Å². The zero-order valence-corrected chi connectivity index (χ0v) is 13.1. The lowest BCUT2D eigenvalue weighted by Gasteiger charge is -2.13. The third-order valence-electron chi connectivity index (χ3n) is 2.71. The molecule has 8 heteroatoms. The van der Waals surface area contributed by atoms with Gasteiger partial charge in [0.1, 0.15) is 5.75 Å². The number of hydrogen-bond acceptors (Lipinski definition) is 6. The Labute approximate surface area is 129 Å². The first-order chi connectivity index (χ1) is 10.3. The number of aliphatic hydroxyl groups is 1. The van der Waals surface area contributed by atoms with Crippen molar-refractivity contribution in [2.45, 2.75) is 12.5 Å². The predicted octanol–water partition coefficient (Wildman–Crippen LogP) is -0.314. The molecule has 0 saturated heterocycles. The van der Waals surface area contributed by atoms with Crippen molar-refractivity contribution < 1.29 is 18.3 Å². The van der Waals surface area contributed by atoms with E-state index in [1.165, 1.54) is 0 Å². The van der Waals surface area contributed by atoms with Crippen LogP contribution in [0, 0.1) is 11.3 Å². The molecule has 0 heterocycles. The molecule has 1 atom stereocenters. The average molecular weight is 325 g/mol. The van der Waals surface area contributed by atoms with Gasteiger partial charge >= 0.3 is 0 Å². The minimum absolute atomic E-state index is 0.0339. The summed E-state index contributed by atoms with van der Waals surface area (Å²) in [5.41, 5.74) is 1.69. The quantitative estimate of drug-likeness (QED) is 0.603. The molecular weight excluding hydrogens is 306 g/mol. The van der Waals surface area contributed by atoms with Crippen LogP contribution in [-0.4, -0.2) is 50.6 Å². The van der Waals surface area contributed by atoms with E-state index in [9.17, 15) is 18.3 Å². The fraction of sp³-hybridized carbons (Fsp3) is 0.429. The van der Waals surface area contributed by atoms with Crippen LogP contribution in [0.4, 0.5) is 5.69 Å². The Balaban J connectivity index is 2.32. The fourth-order valence-electron chi connectivity index (χ4n) is 1.66. The second-order valence-corrected chi connectivity index (χ2v) is 7.08. The SMILES string of the molecule is CS(=O)(=O)CC(=O)NC[C@H](O)CNc1ccc(CC#N)cc1. The Bertz CT molecular complexity index is 635. The number of nitrogens with zero attached hydrogens (tertiary/aromatic N) is 1. The number of nitrogens with one attached hydrogen (secondary N) is 2. The number of aliphatic hydroxyl groups excluding tert-OH is 1. The normalized spacial score (nSPS) is 12.2. The number of nitriles is 1. The molecule has 0 bridgehead atoms. The monoisotopic (exact) mass is 325 g/mol. The summed E-state index contributed by atoms with van der Waals surface area (Å²) < 4.78 is 21.8. The molecule has 0 aliphatic heterocycles. The molecule has 0 saturated carbocycles. The van der Waals surface area contributed by atoms with E-state index < -0.39 is 27.6 Å². The Hall–Kier alpha value is -2.11. The highest BCUT2D eigenvalue weighted by Gasteiger charge is 2.12. The van der Waals surface area contributed by atoms with E-state index in [2.05, 4.69) is 16.7 Å². The van der Waals surface area contributed by atoms with Crippen LogP contribution in [0.5, 0.6) is 0 Å². The molecule has 0 aliphatic rings. The van der Waals surface area contributed by atoms with Crippen molar-refractivity contribution in [3.8, 4) is 6.07 Å². The van der Waals surface area contributed by atoms with Crippen LogP contribution in [0.2, 0.25) is 0 Å². The van der Waals surface area contributed by atoms with E-state index >= 15 is 0 Å². The van der Waals surface area contributed by atoms with Crippen molar-refractivity contribution in [1.29, 1.82) is 5.26 Å². The molecule has 22 heavy (non-hydrogen) atoms. The standard InChI is InChI=1S/C14H19N3O4S/c1-22(20,21)10-14(19)17-9-13(18)8-16-12-4-2-11(3-5-12)6-7-15/h2-5,13,16,18H,6,8-10H2,1H3,(H,17,19)/t13-/m1/s1. The number of rotatable bonds is 8. The zero-order valence-electron chi connectivity index (χ0n) is 12.2. The molecule has 0 radical (unpaired) electrons. The topological polar surface area (TPSA) is 119 Å². The van der Waals surface area contributed by atoms with Gasteiger partial charge < -0.3 is 15.7 Å². The smallest absolute Gasteiger partial charge is 0.235 e. The maximum absolute atomic E-state index is 11.3. The summed E-state index contributed by atoms with van der Waals surface area (Å²) in [5.74, 6) is -1.23. The summed E-state index contributed by atoms with van der Waals surface area (Å²) in [6.45, 7) is 0.171. The second-order valence-electron chi connectivity index (χ2n) is 4.94. The molecule has 0 aromatic heterocycles. The maximum Gasteiger partial charge on any atom is 0.235 e. The van der Waals surface area contributed by atoms with Gasteiger partial charge in [0, 0.05) is 25.0 Å². The first-order valence-corrected chi connectivity index (χ1v) is 8.68. The Morgan fingerprint density at radius 1 is 1.32 bits per heavy atom. The van der Waals surface area contributed by atoms with Crippen molar-refractivity contribution >= 4 is 21.4 Å². The van der Waals surface area contributed by atoms with Gasteiger partial charge in [0.15, 0.2) is 9.84 Å². The van der Waals surface area contributed by atoms with Crippen LogP contribution < -0.4 is 10.6 Å². The molecular formula is C14H19N3O4S. The number of amides is 1. The Morgan fingerprint density at radius 3 is 2.50 bits per heavy atom. The Morgan fingerprint density at radius 2 is 1.95 bits per heavy atom. The van der Waals surface area contributed by atoms with Gasteiger partial charge in [-0.1, -0.05) is 12.1 Å². The molecule has 1 aromatic carbocycles. The van der Waals surface area contributed by atoms with E-state index in [1.807, 2.05) is 12.1 Å². The molecule has 1 amide bonds. The van der Waals surface area contributed by atoms with E-state index in [1.54, 1.807) is 12.1 Å². The number of anilines is 1. The van der Waals surface area contributed by atoms with Crippen LogP contribution >= 0.6 is 0 Å². The largest absolute Gasteiger partial charge is 0.389 e. The van der Waals surface area contributed by atoms with Gasteiger partial charge in [0.2, 0.25) is 5.91 Å². The van der Waals surface area contributed by atoms with E-state index in [4.69, 9.17) is 5.26 Å². The lowest BCUT2D eigenvalue weighted by Crippen LogP contribution is -2.38. The lowest BCUT2D eigenvalue weighted by molar-refractivity contribution is -0.119. The molecule has 0 spiro atoms. The van der Waals surface area contributed by atoms with Crippen LogP contribution in [-0.2, 0) is 21.1 Å². The molecule has 0 aliphatic carbocycles. The van der Waals surface area contributed by atoms with Crippen molar-refractivity contribution in [3.05, 3.63) is 29.8 Å². The number of sulfone groups is 1. The average Bonchev–Trinajstić information content (AvgIpc) is 2.43. The Kier molecular flexibility index (Phi) is 6.82. The summed E-state index contributed by atoms with van der Waals surface area (Å²) in [4.78, 5) is 11.3. The van der Waals surface area contributed by atoms with Crippen molar-refractivity contribution in [2.75, 3.05) is 30.4 Å². The molecule has 120 valence electrons. The van der Waals surface area contributed by atoms with Crippen LogP contribution in [0.25, 0.3) is 0 Å². The van der Waals surface area contributed by atoms with Gasteiger partial charge in [-0.05, 0) is 17.7 Å². The van der Waals surface area contributed by atoms with Gasteiger partial charge in [-0.15, -0.1) is 0 Å². The summed E-state index contributed by atoms with van der Waals surface area (Å²) in [7, 11) is -3.37. The zero-order chi connectivity index (χ0) is 16.6. The number of carbonyl (C=O) groups excluding carboxylic acids is 1. The number of hydrogen-bond donors (Lipinski definition) is 3. The molecule has 7 nitrogen and oxygen atoms in total. The summed E-state index contributed by atoms with van der Waals surface area (Å²) in [6.07, 6.45) is 0.470.